The maximum Gasteiger partial charge on any atom is 0.410 e. The highest BCUT2D eigenvalue weighted by atomic mass is 16.6. The van der Waals surface area contributed by atoms with Crippen LogP contribution in [0.3, 0.4) is 0 Å². The summed E-state index contributed by atoms with van der Waals surface area (Å²) in [5.74, 6) is -1.83. The molecule has 2 amide bonds. The molecule has 1 saturated heterocycles. The largest absolute Gasteiger partial charge is 0.480 e. The predicted octanol–water partition coefficient (Wildman–Crippen LogP) is 1.81. The van der Waals surface area contributed by atoms with Crippen LogP contribution in [0.15, 0.2) is 0 Å². The Labute approximate surface area is 137 Å². The van der Waals surface area contributed by atoms with Gasteiger partial charge in [-0.25, -0.2) is 9.59 Å². The smallest absolute Gasteiger partial charge is 0.410 e. The molecule has 1 unspecified atom stereocenters. The van der Waals surface area contributed by atoms with E-state index >= 15 is 0 Å². The summed E-state index contributed by atoms with van der Waals surface area (Å²) in [7, 11) is 1.51. The fourth-order valence-electron chi connectivity index (χ4n) is 2.78. The summed E-state index contributed by atoms with van der Waals surface area (Å²) >= 11 is 0. The second-order valence-electron chi connectivity index (χ2n) is 7.39. The van der Waals surface area contributed by atoms with Crippen molar-refractivity contribution < 1.29 is 24.2 Å². The van der Waals surface area contributed by atoms with Crippen molar-refractivity contribution in [2.45, 2.75) is 52.7 Å². The summed E-state index contributed by atoms with van der Waals surface area (Å²) in [5, 5.41) is 9.30. The second kappa shape index (κ2) is 7.19. The molecule has 7 nitrogen and oxygen atoms in total. The molecule has 0 saturated carbocycles. The van der Waals surface area contributed by atoms with Gasteiger partial charge in [-0.1, -0.05) is 13.8 Å². The Morgan fingerprint density at radius 3 is 2.26 bits per heavy atom. The Hall–Kier alpha value is -1.79. The van der Waals surface area contributed by atoms with E-state index in [0.717, 1.165) is 0 Å². The summed E-state index contributed by atoms with van der Waals surface area (Å²) in [6.45, 7) is 9.61. The Kier molecular flexibility index (Phi) is 6.02. The summed E-state index contributed by atoms with van der Waals surface area (Å²) in [6.07, 6.45) is 0.0847. The van der Waals surface area contributed by atoms with Crippen molar-refractivity contribution in [3.8, 4) is 0 Å². The topological polar surface area (TPSA) is 87.2 Å². The lowest BCUT2D eigenvalue weighted by Crippen LogP contribution is -2.48. The van der Waals surface area contributed by atoms with E-state index < -0.39 is 23.7 Å². The third-order valence-electron chi connectivity index (χ3n) is 3.84. The molecule has 1 N–H and O–H groups in total. The maximum atomic E-state index is 12.5. The summed E-state index contributed by atoms with van der Waals surface area (Å²) in [6, 6.07) is -0.863. The lowest BCUT2D eigenvalue weighted by atomic mass is 10.0. The molecule has 1 aliphatic rings. The number of hydrogen-bond acceptors (Lipinski definition) is 4. The molecule has 1 fully saturated rings. The maximum absolute atomic E-state index is 12.5. The SMILES string of the molecule is CC(C)C(C(=O)O)N(C)C(=O)[C@H]1CCN(C(=O)OC(C)(C)C)C1. The molecular formula is C16H28N2O5. The van der Waals surface area contributed by atoms with Gasteiger partial charge in [-0.05, 0) is 33.1 Å². The average molecular weight is 328 g/mol. The van der Waals surface area contributed by atoms with Crippen LogP contribution in [0.25, 0.3) is 0 Å². The molecule has 1 aliphatic heterocycles. The molecule has 7 heteroatoms. The highest BCUT2D eigenvalue weighted by Gasteiger charge is 2.38. The Morgan fingerprint density at radius 2 is 1.83 bits per heavy atom. The standard InChI is InChI=1S/C16H28N2O5/c1-10(2)12(14(20)21)17(6)13(19)11-7-8-18(9-11)15(22)23-16(3,4)5/h10-12H,7-9H2,1-6H3,(H,20,21)/t11-,12?/m0/s1. The fraction of sp³-hybridized carbons (Fsp3) is 0.812. The van der Waals surface area contributed by atoms with E-state index in [4.69, 9.17) is 4.74 Å². The van der Waals surface area contributed by atoms with Crippen molar-refractivity contribution >= 4 is 18.0 Å². The third-order valence-corrected chi connectivity index (χ3v) is 3.84. The van der Waals surface area contributed by atoms with Gasteiger partial charge < -0.3 is 19.6 Å². The van der Waals surface area contributed by atoms with Gasteiger partial charge in [0.25, 0.3) is 0 Å². The minimum atomic E-state index is -1.02. The van der Waals surface area contributed by atoms with Gasteiger partial charge in [-0.2, -0.15) is 0 Å². The first-order valence-corrected chi connectivity index (χ1v) is 7.91. The number of nitrogens with zero attached hydrogens (tertiary/aromatic N) is 2. The lowest BCUT2D eigenvalue weighted by Gasteiger charge is -2.30. The number of amides is 2. The molecule has 1 rings (SSSR count). The van der Waals surface area contributed by atoms with Crippen molar-refractivity contribution in [2.24, 2.45) is 11.8 Å². The number of rotatable bonds is 4. The van der Waals surface area contributed by atoms with Gasteiger partial charge in [0, 0.05) is 20.1 Å². The molecule has 0 spiro atoms. The van der Waals surface area contributed by atoms with Gasteiger partial charge >= 0.3 is 12.1 Å². The molecule has 0 aromatic carbocycles. The van der Waals surface area contributed by atoms with Gasteiger partial charge in [0.05, 0.1) is 5.92 Å². The number of aliphatic carboxylic acids is 1. The van der Waals surface area contributed by atoms with E-state index in [1.54, 1.807) is 34.6 Å². The van der Waals surface area contributed by atoms with E-state index in [2.05, 4.69) is 0 Å². The molecule has 0 aromatic rings. The van der Waals surface area contributed by atoms with Crippen LogP contribution < -0.4 is 0 Å². The van der Waals surface area contributed by atoms with Gasteiger partial charge in [0.1, 0.15) is 11.6 Å². The molecule has 0 bridgehead atoms. The molecule has 2 atom stereocenters. The number of likely N-dealkylation sites (N-methyl/N-ethyl adjacent to an activating group) is 1. The van der Waals surface area contributed by atoms with Gasteiger partial charge in [0.15, 0.2) is 0 Å². The van der Waals surface area contributed by atoms with Crippen LogP contribution in [0.2, 0.25) is 0 Å². The highest BCUT2D eigenvalue weighted by molar-refractivity contribution is 5.86. The first kappa shape index (κ1) is 19.3. The first-order valence-electron chi connectivity index (χ1n) is 7.91. The van der Waals surface area contributed by atoms with Crippen LogP contribution in [0, 0.1) is 11.8 Å². The van der Waals surface area contributed by atoms with Crippen molar-refractivity contribution in [2.75, 3.05) is 20.1 Å². The second-order valence-corrected chi connectivity index (χ2v) is 7.39. The van der Waals surface area contributed by atoms with E-state index in [0.29, 0.717) is 13.0 Å². The highest BCUT2D eigenvalue weighted by Crippen LogP contribution is 2.23. The summed E-state index contributed by atoms with van der Waals surface area (Å²) in [4.78, 5) is 38.7. The number of likely N-dealkylation sites (tertiary alicyclic amines) is 1. The van der Waals surface area contributed by atoms with E-state index in [9.17, 15) is 19.5 Å². The summed E-state index contributed by atoms with van der Waals surface area (Å²) in [5.41, 5.74) is -0.581. The number of carboxylic acids is 1. The zero-order valence-electron chi connectivity index (χ0n) is 14.8. The molecule has 23 heavy (non-hydrogen) atoms. The first-order chi connectivity index (χ1) is 10.4. The molecular weight excluding hydrogens is 300 g/mol. The van der Waals surface area contributed by atoms with Crippen molar-refractivity contribution in [3.05, 3.63) is 0 Å². The molecule has 0 aliphatic carbocycles. The predicted molar refractivity (Wildman–Crippen MR) is 84.9 cm³/mol. The normalized spacial score (nSPS) is 19.6. The Balaban J connectivity index is 2.69. The van der Waals surface area contributed by atoms with Crippen LogP contribution in [-0.2, 0) is 14.3 Å². The third kappa shape index (κ3) is 5.11. The summed E-state index contributed by atoms with van der Waals surface area (Å²) < 4.78 is 5.30. The van der Waals surface area contributed by atoms with E-state index in [1.165, 1.54) is 16.8 Å². The monoisotopic (exact) mass is 328 g/mol. The number of hydrogen-bond donors (Lipinski definition) is 1. The number of carbonyl (C=O) groups is 3. The van der Waals surface area contributed by atoms with Crippen LogP contribution in [0.1, 0.15) is 41.0 Å². The van der Waals surface area contributed by atoms with E-state index in [1.807, 2.05) is 0 Å². The van der Waals surface area contributed by atoms with Crippen LogP contribution in [-0.4, -0.2) is 64.7 Å². The molecule has 0 radical (unpaired) electrons. The number of carboxylic acid groups (broad SMARTS) is 1. The fourth-order valence-corrected chi connectivity index (χ4v) is 2.78. The number of carbonyl (C=O) groups excluding carboxylic acids is 2. The van der Waals surface area contributed by atoms with Gasteiger partial charge in [-0.15, -0.1) is 0 Å². The van der Waals surface area contributed by atoms with Gasteiger partial charge in [0.2, 0.25) is 5.91 Å². The van der Waals surface area contributed by atoms with Gasteiger partial charge in [-0.3, -0.25) is 4.79 Å². The molecule has 132 valence electrons. The van der Waals surface area contributed by atoms with Crippen molar-refractivity contribution in [3.63, 3.8) is 0 Å². The van der Waals surface area contributed by atoms with E-state index in [-0.39, 0.29) is 24.3 Å². The minimum absolute atomic E-state index is 0.190. The lowest BCUT2D eigenvalue weighted by molar-refractivity contribution is -0.152. The molecule has 1 heterocycles. The Morgan fingerprint density at radius 1 is 1.26 bits per heavy atom. The van der Waals surface area contributed by atoms with Crippen molar-refractivity contribution in [1.82, 2.24) is 9.80 Å². The molecule has 0 aromatic heterocycles. The quantitative estimate of drug-likeness (QED) is 0.850. The average Bonchev–Trinajstić information content (AvgIpc) is 2.84. The number of ether oxygens (including phenoxy) is 1. The van der Waals surface area contributed by atoms with Crippen LogP contribution >= 0.6 is 0 Å². The van der Waals surface area contributed by atoms with Crippen molar-refractivity contribution in [1.29, 1.82) is 0 Å². The zero-order chi connectivity index (χ0) is 17.9. The minimum Gasteiger partial charge on any atom is -0.480 e. The zero-order valence-corrected chi connectivity index (χ0v) is 14.8. The Bertz CT molecular complexity index is 470. The van der Waals surface area contributed by atoms with Crippen LogP contribution in [0.4, 0.5) is 4.79 Å². The van der Waals surface area contributed by atoms with Crippen LogP contribution in [0.5, 0.6) is 0 Å².